The molecule has 0 radical (unpaired) electrons. The van der Waals surface area contributed by atoms with E-state index in [-0.39, 0.29) is 0 Å². The van der Waals surface area contributed by atoms with Gasteiger partial charge in [0, 0.05) is 19.1 Å². The second-order valence-corrected chi connectivity index (χ2v) is 4.00. The van der Waals surface area contributed by atoms with Crippen molar-refractivity contribution in [3.05, 3.63) is 12.7 Å². The van der Waals surface area contributed by atoms with Crippen LogP contribution in [-0.2, 0) is 0 Å². The van der Waals surface area contributed by atoms with Gasteiger partial charge >= 0.3 is 0 Å². The number of nitrogens with zero attached hydrogens (tertiary/aromatic N) is 1. The highest BCUT2D eigenvalue weighted by atomic mass is 15.1. The Labute approximate surface area is 83.0 Å². The molecule has 0 heterocycles. The van der Waals surface area contributed by atoms with Crippen molar-refractivity contribution in [1.29, 1.82) is 0 Å². The molecule has 1 N–H and O–H groups in total. The Hall–Kier alpha value is -0.340. The molecule has 0 aliphatic carbocycles. The first kappa shape index (κ1) is 12.7. The van der Waals surface area contributed by atoms with Gasteiger partial charge in [-0.3, -0.25) is 4.90 Å². The Bertz CT molecular complexity index is 132. The second kappa shape index (κ2) is 7.10. The van der Waals surface area contributed by atoms with Crippen molar-refractivity contribution in [1.82, 2.24) is 10.2 Å². The van der Waals surface area contributed by atoms with E-state index in [0.29, 0.717) is 12.0 Å². The third-order valence-corrected chi connectivity index (χ3v) is 2.19. The first-order valence-corrected chi connectivity index (χ1v) is 5.11. The van der Waals surface area contributed by atoms with Crippen molar-refractivity contribution in [2.24, 2.45) is 5.92 Å². The van der Waals surface area contributed by atoms with Gasteiger partial charge in [-0.2, -0.15) is 0 Å². The molecule has 0 aliphatic rings. The van der Waals surface area contributed by atoms with Crippen LogP contribution in [0.2, 0.25) is 0 Å². The van der Waals surface area contributed by atoms with E-state index in [2.05, 4.69) is 37.6 Å². The minimum absolute atomic E-state index is 0.609. The normalized spacial score (nSPS) is 13.7. The lowest BCUT2D eigenvalue weighted by Gasteiger charge is -2.28. The number of rotatable bonds is 7. The summed E-state index contributed by atoms with van der Waals surface area (Å²) < 4.78 is 0. The molecule has 0 rings (SSSR count). The van der Waals surface area contributed by atoms with E-state index in [1.165, 1.54) is 0 Å². The van der Waals surface area contributed by atoms with Crippen molar-refractivity contribution in [2.75, 3.05) is 26.7 Å². The van der Waals surface area contributed by atoms with E-state index in [1.54, 1.807) is 0 Å². The molecule has 0 aliphatic heterocycles. The zero-order valence-electron chi connectivity index (χ0n) is 9.51. The molecule has 13 heavy (non-hydrogen) atoms. The molecule has 0 spiro atoms. The van der Waals surface area contributed by atoms with Crippen LogP contribution in [0.25, 0.3) is 0 Å². The third-order valence-electron chi connectivity index (χ3n) is 2.19. The molecule has 0 saturated carbocycles. The Balaban J connectivity index is 3.85. The minimum atomic E-state index is 0.609. The van der Waals surface area contributed by atoms with Crippen molar-refractivity contribution in [2.45, 2.75) is 26.8 Å². The molecule has 0 aromatic rings. The molecule has 0 aromatic heterocycles. The molecular weight excluding hydrogens is 160 g/mol. The van der Waals surface area contributed by atoms with Gasteiger partial charge in [-0.15, -0.1) is 6.58 Å². The fourth-order valence-electron chi connectivity index (χ4n) is 1.48. The van der Waals surface area contributed by atoms with Gasteiger partial charge < -0.3 is 5.32 Å². The van der Waals surface area contributed by atoms with Crippen molar-refractivity contribution < 1.29 is 0 Å². The molecule has 1 unspecified atom stereocenters. The summed E-state index contributed by atoms with van der Waals surface area (Å²) in [5.74, 6) is 0.701. The first-order valence-electron chi connectivity index (χ1n) is 5.11. The Morgan fingerprint density at radius 3 is 2.38 bits per heavy atom. The highest BCUT2D eigenvalue weighted by molar-refractivity contribution is 4.77. The van der Waals surface area contributed by atoms with Crippen LogP contribution < -0.4 is 5.32 Å². The summed E-state index contributed by atoms with van der Waals surface area (Å²) in [7, 11) is 2.00. The van der Waals surface area contributed by atoms with Crippen LogP contribution in [0.5, 0.6) is 0 Å². The summed E-state index contributed by atoms with van der Waals surface area (Å²) in [6.07, 6.45) is 1.98. The van der Waals surface area contributed by atoms with Crippen LogP contribution in [0.1, 0.15) is 20.8 Å². The van der Waals surface area contributed by atoms with Gasteiger partial charge in [0.2, 0.25) is 0 Å². The SMILES string of the molecule is C=CCN(CC(C)CNC)C(C)C. The fourth-order valence-corrected chi connectivity index (χ4v) is 1.48. The highest BCUT2D eigenvalue weighted by Crippen LogP contribution is 2.03. The van der Waals surface area contributed by atoms with E-state index >= 15 is 0 Å². The van der Waals surface area contributed by atoms with Crippen LogP contribution in [-0.4, -0.2) is 37.6 Å². The molecule has 0 amide bonds. The quantitative estimate of drug-likeness (QED) is 0.606. The molecular formula is C11H24N2. The van der Waals surface area contributed by atoms with Gasteiger partial charge in [0.05, 0.1) is 0 Å². The summed E-state index contributed by atoms with van der Waals surface area (Å²) >= 11 is 0. The summed E-state index contributed by atoms with van der Waals surface area (Å²) in [5.41, 5.74) is 0. The van der Waals surface area contributed by atoms with Gasteiger partial charge in [-0.25, -0.2) is 0 Å². The summed E-state index contributed by atoms with van der Waals surface area (Å²) in [6, 6.07) is 0.609. The van der Waals surface area contributed by atoms with Crippen molar-refractivity contribution in [3.63, 3.8) is 0 Å². The molecule has 0 saturated heterocycles. The maximum absolute atomic E-state index is 3.78. The molecule has 2 heteroatoms. The van der Waals surface area contributed by atoms with Crippen LogP contribution in [0, 0.1) is 5.92 Å². The monoisotopic (exact) mass is 184 g/mol. The van der Waals surface area contributed by atoms with Crippen molar-refractivity contribution in [3.8, 4) is 0 Å². The average Bonchev–Trinajstić information content (AvgIpc) is 2.04. The standard InChI is InChI=1S/C11H24N2/c1-6-7-13(10(2)3)9-11(4)8-12-5/h6,10-12H,1,7-9H2,2-5H3. The summed E-state index contributed by atoms with van der Waals surface area (Å²) in [6.45, 7) is 13.7. The molecule has 0 aromatic carbocycles. The molecule has 78 valence electrons. The number of nitrogens with one attached hydrogen (secondary N) is 1. The van der Waals surface area contributed by atoms with E-state index in [1.807, 2.05) is 13.1 Å². The fraction of sp³-hybridized carbons (Fsp3) is 0.818. The zero-order chi connectivity index (χ0) is 10.3. The van der Waals surface area contributed by atoms with E-state index < -0.39 is 0 Å². The average molecular weight is 184 g/mol. The summed E-state index contributed by atoms with van der Waals surface area (Å²) in [5, 5.41) is 3.20. The Morgan fingerprint density at radius 2 is 2.00 bits per heavy atom. The van der Waals surface area contributed by atoms with Gasteiger partial charge in [0.25, 0.3) is 0 Å². The predicted octanol–water partition coefficient (Wildman–Crippen LogP) is 1.74. The van der Waals surface area contributed by atoms with Gasteiger partial charge in [0.15, 0.2) is 0 Å². The van der Waals surface area contributed by atoms with Crippen LogP contribution in [0.15, 0.2) is 12.7 Å². The lowest BCUT2D eigenvalue weighted by molar-refractivity contribution is 0.212. The Kier molecular flexibility index (Phi) is 6.92. The second-order valence-electron chi connectivity index (χ2n) is 4.00. The minimum Gasteiger partial charge on any atom is -0.319 e. The largest absolute Gasteiger partial charge is 0.319 e. The zero-order valence-corrected chi connectivity index (χ0v) is 9.51. The summed E-state index contributed by atoms with van der Waals surface area (Å²) in [4.78, 5) is 2.44. The number of hydrogen-bond acceptors (Lipinski definition) is 2. The smallest absolute Gasteiger partial charge is 0.0163 e. The van der Waals surface area contributed by atoms with Crippen LogP contribution in [0.4, 0.5) is 0 Å². The van der Waals surface area contributed by atoms with Crippen molar-refractivity contribution >= 4 is 0 Å². The third kappa shape index (κ3) is 5.83. The maximum atomic E-state index is 3.78. The van der Waals surface area contributed by atoms with Gasteiger partial charge in [0.1, 0.15) is 0 Å². The molecule has 2 nitrogen and oxygen atoms in total. The Morgan fingerprint density at radius 1 is 1.38 bits per heavy atom. The molecule has 0 bridgehead atoms. The molecule has 0 fully saturated rings. The van der Waals surface area contributed by atoms with E-state index in [4.69, 9.17) is 0 Å². The highest BCUT2D eigenvalue weighted by Gasteiger charge is 2.10. The maximum Gasteiger partial charge on any atom is 0.0163 e. The van der Waals surface area contributed by atoms with Gasteiger partial charge in [-0.05, 0) is 33.4 Å². The van der Waals surface area contributed by atoms with Crippen LogP contribution >= 0.6 is 0 Å². The lowest BCUT2D eigenvalue weighted by atomic mass is 10.1. The van der Waals surface area contributed by atoms with E-state index in [9.17, 15) is 0 Å². The first-order chi connectivity index (χ1) is 6.11. The molecule has 1 atom stereocenters. The topological polar surface area (TPSA) is 15.3 Å². The number of hydrogen-bond donors (Lipinski definition) is 1. The predicted molar refractivity (Wildman–Crippen MR) is 60.0 cm³/mol. The lowest BCUT2D eigenvalue weighted by Crippen LogP contribution is -2.37. The van der Waals surface area contributed by atoms with Gasteiger partial charge in [-0.1, -0.05) is 13.0 Å². The van der Waals surface area contributed by atoms with Crippen LogP contribution in [0.3, 0.4) is 0 Å². The van der Waals surface area contributed by atoms with E-state index in [0.717, 1.165) is 19.6 Å².